The zero-order valence-electron chi connectivity index (χ0n) is 25.1. The Morgan fingerprint density at radius 3 is 2.52 bits per heavy atom. The van der Waals surface area contributed by atoms with Crippen LogP contribution in [0.25, 0.3) is 11.1 Å². The van der Waals surface area contributed by atoms with E-state index in [4.69, 9.17) is 9.47 Å². The molecule has 1 fully saturated rings. The lowest BCUT2D eigenvalue weighted by atomic mass is 9.99. The summed E-state index contributed by atoms with van der Waals surface area (Å²) in [6, 6.07) is 22.3. The molecule has 4 aromatic carbocycles. The number of carbonyl (C=O) groups is 2. The van der Waals surface area contributed by atoms with Gasteiger partial charge < -0.3 is 30.5 Å². The molecule has 1 saturated heterocycles. The van der Waals surface area contributed by atoms with Crippen molar-refractivity contribution in [2.75, 3.05) is 50.6 Å². The zero-order valence-corrected chi connectivity index (χ0v) is 25.1. The number of methoxy groups -OCH3 is 1. The monoisotopic (exact) mass is 623 g/mol. The van der Waals surface area contributed by atoms with Crippen LogP contribution < -0.4 is 20.7 Å². The molecule has 0 spiro atoms. The molecule has 4 N–H and O–H groups in total. The molecule has 0 aromatic heterocycles. The van der Waals surface area contributed by atoms with E-state index in [0.29, 0.717) is 54.4 Å². The first-order valence-corrected chi connectivity index (χ1v) is 14.9. The van der Waals surface area contributed by atoms with Crippen molar-refractivity contribution in [3.8, 4) is 22.6 Å². The Morgan fingerprint density at radius 2 is 1.76 bits per heavy atom. The molecule has 6 rings (SSSR count). The van der Waals surface area contributed by atoms with Crippen LogP contribution in [0.4, 0.5) is 22.7 Å². The van der Waals surface area contributed by atoms with E-state index < -0.39 is 4.92 Å². The molecule has 236 valence electrons. The van der Waals surface area contributed by atoms with Gasteiger partial charge in [0.2, 0.25) is 0 Å². The van der Waals surface area contributed by atoms with Crippen LogP contribution in [0.2, 0.25) is 0 Å². The number of nitro groups is 1. The molecular formula is C34H33N5O7. The first kappa shape index (κ1) is 30.6. The number of carbonyl (C=O) groups excluding carboxylic acids is 2. The molecule has 0 radical (unpaired) electrons. The number of aromatic hydroxyl groups is 1. The average molecular weight is 624 g/mol. The van der Waals surface area contributed by atoms with Gasteiger partial charge in [-0.05, 0) is 71.6 Å². The number of nitrogens with one attached hydrogen (secondary N) is 3. The highest BCUT2D eigenvalue weighted by molar-refractivity contribution is 6.12. The third kappa shape index (κ3) is 6.34. The van der Waals surface area contributed by atoms with Crippen molar-refractivity contribution in [1.29, 1.82) is 0 Å². The summed E-state index contributed by atoms with van der Waals surface area (Å²) in [6.07, 6.45) is 0.599. The van der Waals surface area contributed by atoms with Gasteiger partial charge in [-0.1, -0.05) is 24.3 Å². The fourth-order valence-corrected chi connectivity index (χ4v) is 5.88. The lowest BCUT2D eigenvalue weighted by molar-refractivity contribution is -0.385. The quantitative estimate of drug-likeness (QED) is 0.140. The molecule has 2 amide bonds. The second kappa shape index (κ2) is 13.3. The minimum absolute atomic E-state index is 0.0647. The summed E-state index contributed by atoms with van der Waals surface area (Å²) in [6.45, 7) is 3.02. The van der Waals surface area contributed by atoms with Crippen LogP contribution in [-0.4, -0.2) is 66.7 Å². The maximum absolute atomic E-state index is 13.4. The maximum Gasteiger partial charge on any atom is 0.310 e. The van der Waals surface area contributed by atoms with Crippen molar-refractivity contribution in [1.82, 2.24) is 10.2 Å². The number of nitro benzene ring substituents is 1. The van der Waals surface area contributed by atoms with Gasteiger partial charge in [0.15, 0.2) is 5.75 Å². The lowest BCUT2D eigenvalue weighted by Crippen LogP contribution is -2.40. The van der Waals surface area contributed by atoms with Gasteiger partial charge in [0, 0.05) is 31.7 Å². The second-order valence-corrected chi connectivity index (χ2v) is 11.0. The Kier molecular flexibility index (Phi) is 8.81. The highest BCUT2D eigenvalue weighted by Crippen LogP contribution is 2.39. The van der Waals surface area contributed by atoms with Gasteiger partial charge in [-0.15, -0.1) is 0 Å². The first-order valence-electron chi connectivity index (χ1n) is 14.9. The van der Waals surface area contributed by atoms with Crippen molar-refractivity contribution >= 4 is 34.6 Å². The van der Waals surface area contributed by atoms with Crippen molar-refractivity contribution in [3.05, 3.63) is 106 Å². The fraction of sp³-hybridized carbons (Fsp3) is 0.235. The predicted molar refractivity (Wildman–Crippen MR) is 173 cm³/mol. The normalized spacial score (nSPS) is 14.9. The summed E-state index contributed by atoms with van der Waals surface area (Å²) in [4.78, 5) is 39.3. The van der Waals surface area contributed by atoms with Gasteiger partial charge in [0.25, 0.3) is 11.8 Å². The number of fused-ring (bicyclic) bond motifs is 2. The highest BCUT2D eigenvalue weighted by atomic mass is 16.6. The Hall–Kier alpha value is -5.46. The Labute approximate surface area is 265 Å². The number of amides is 2. The summed E-state index contributed by atoms with van der Waals surface area (Å²) in [5.41, 5.74) is 4.90. The number of phenols is 1. The Bertz CT molecular complexity index is 1800. The number of hydrogen-bond donors (Lipinski definition) is 4. The molecular weight excluding hydrogens is 590 g/mol. The number of nitrogens with zero attached hydrogens (tertiary/aromatic N) is 2. The highest BCUT2D eigenvalue weighted by Gasteiger charge is 2.26. The van der Waals surface area contributed by atoms with Gasteiger partial charge in [0.05, 0.1) is 53.4 Å². The molecule has 2 heterocycles. The first-order chi connectivity index (χ1) is 22.3. The van der Waals surface area contributed by atoms with E-state index in [1.807, 2.05) is 24.3 Å². The van der Waals surface area contributed by atoms with E-state index in [0.717, 1.165) is 24.2 Å². The molecule has 2 aliphatic heterocycles. The standard InChI is InChI=1S/C34H33N5O7/c1-45-32-20-22(8-11-30(32)39(43)44)21-6-9-24-27(18-21)36-26-10-7-23(19-28(26)37-34(24)42)29(38-14-16-46-17-15-38)12-13-35-33(41)25-4-2-3-5-31(25)40/h2-11,18-20,29,36,40H,12-17H2,1H3,(H,35,41)(H,37,42). The van der Waals surface area contributed by atoms with Crippen molar-refractivity contribution in [2.24, 2.45) is 0 Å². The van der Waals surface area contributed by atoms with Crippen molar-refractivity contribution < 1.29 is 29.1 Å². The van der Waals surface area contributed by atoms with Crippen molar-refractivity contribution in [2.45, 2.75) is 12.5 Å². The summed E-state index contributed by atoms with van der Waals surface area (Å²) in [7, 11) is 1.39. The number of benzene rings is 4. The van der Waals surface area contributed by atoms with E-state index in [-0.39, 0.29) is 40.6 Å². The second-order valence-electron chi connectivity index (χ2n) is 11.0. The fourth-order valence-electron chi connectivity index (χ4n) is 5.88. The van der Waals surface area contributed by atoms with E-state index >= 15 is 0 Å². The molecule has 12 nitrogen and oxygen atoms in total. The summed E-state index contributed by atoms with van der Waals surface area (Å²) in [5, 5.41) is 30.8. The van der Waals surface area contributed by atoms with Crippen LogP contribution >= 0.6 is 0 Å². The van der Waals surface area contributed by atoms with Crippen LogP contribution in [0.3, 0.4) is 0 Å². The zero-order chi connectivity index (χ0) is 32.2. The molecule has 12 heteroatoms. The molecule has 0 bridgehead atoms. The Balaban J connectivity index is 1.25. The third-order valence-electron chi connectivity index (χ3n) is 8.26. The van der Waals surface area contributed by atoms with Crippen molar-refractivity contribution in [3.63, 3.8) is 0 Å². The maximum atomic E-state index is 13.4. The molecule has 0 saturated carbocycles. The van der Waals surface area contributed by atoms with E-state index in [2.05, 4.69) is 20.9 Å². The van der Waals surface area contributed by atoms with Gasteiger partial charge in [-0.3, -0.25) is 24.6 Å². The van der Waals surface area contributed by atoms with Crippen LogP contribution in [0, 0.1) is 10.1 Å². The molecule has 1 unspecified atom stereocenters. The van der Waals surface area contributed by atoms with E-state index in [9.17, 15) is 24.8 Å². The number of rotatable bonds is 9. The van der Waals surface area contributed by atoms with Gasteiger partial charge in [-0.25, -0.2) is 0 Å². The van der Waals surface area contributed by atoms with Crippen LogP contribution in [0.1, 0.15) is 38.7 Å². The average Bonchev–Trinajstić information content (AvgIpc) is 3.21. The number of para-hydroxylation sites is 1. The molecule has 46 heavy (non-hydrogen) atoms. The summed E-state index contributed by atoms with van der Waals surface area (Å²) < 4.78 is 10.8. The molecule has 0 aliphatic carbocycles. The summed E-state index contributed by atoms with van der Waals surface area (Å²) in [5.74, 6) is -0.543. The van der Waals surface area contributed by atoms with Crippen LogP contribution in [0.15, 0.2) is 78.9 Å². The number of ether oxygens (including phenoxy) is 2. The number of anilines is 3. The molecule has 1 atom stereocenters. The van der Waals surface area contributed by atoms with E-state index in [1.165, 1.54) is 19.2 Å². The third-order valence-corrected chi connectivity index (χ3v) is 8.26. The number of morpholine rings is 1. The van der Waals surface area contributed by atoms with Gasteiger partial charge in [-0.2, -0.15) is 0 Å². The van der Waals surface area contributed by atoms with Gasteiger partial charge >= 0.3 is 5.69 Å². The van der Waals surface area contributed by atoms with Gasteiger partial charge in [0.1, 0.15) is 5.75 Å². The van der Waals surface area contributed by atoms with Crippen LogP contribution in [0.5, 0.6) is 11.5 Å². The summed E-state index contributed by atoms with van der Waals surface area (Å²) >= 11 is 0. The van der Waals surface area contributed by atoms with Crippen LogP contribution in [-0.2, 0) is 4.74 Å². The van der Waals surface area contributed by atoms with E-state index in [1.54, 1.807) is 42.5 Å². The lowest BCUT2D eigenvalue weighted by Gasteiger charge is -2.35. The number of hydrogen-bond acceptors (Lipinski definition) is 9. The molecule has 2 aliphatic rings. The number of phenolic OH excluding ortho intramolecular Hbond substituents is 1. The minimum Gasteiger partial charge on any atom is -0.507 e. The molecule has 4 aromatic rings. The minimum atomic E-state index is -0.493. The Morgan fingerprint density at radius 1 is 1.00 bits per heavy atom. The smallest absolute Gasteiger partial charge is 0.310 e. The topological polar surface area (TPSA) is 155 Å². The predicted octanol–water partition coefficient (Wildman–Crippen LogP) is 5.48. The SMILES string of the molecule is COc1cc(-c2ccc3c(c2)Nc2ccc(C(CCNC(=O)c4ccccc4O)N4CCOCC4)cc2NC3=O)ccc1[N+](=O)[O-]. The largest absolute Gasteiger partial charge is 0.507 e.